The highest BCUT2D eigenvalue weighted by Crippen LogP contribution is 2.24. The Kier molecular flexibility index (Phi) is 3.90. The fourth-order valence-corrected chi connectivity index (χ4v) is 2.94. The van der Waals surface area contributed by atoms with Crippen molar-refractivity contribution in [2.75, 3.05) is 38.3 Å². The lowest BCUT2D eigenvalue weighted by Gasteiger charge is -2.27. The molecule has 0 spiro atoms. The van der Waals surface area contributed by atoms with E-state index in [9.17, 15) is 9.59 Å². The summed E-state index contributed by atoms with van der Waals surface area (Å²) in [6, 6.07) is 6.72. The van der Waals surface area contributed by atoms with Crippen LogP contribution >= 0.6 is 0 Å². The highest BCUT2D eigenvalue weighted by molar-refractivity contribution is 6.21. The molecule has 1 atom stereocenters. The van der Waals surface area contributed by atoms with Crippen molar-refractivity contribution in [1.82, 2.24) is 0 Å². The normalized spacial score (nSPS) is 23.7. The summed E-state index contributed by atoms with van der Waals surface area (Å²) in [6.45, 7) is 2.85. The van der Waals surface area contributed by atoms with Crippen LogP contribution in [0.15, 0.2) is 24.3 Å². The minimum absolute atomic E-state index is 0.109. The number of quaternary nitrogens is 1. The molecule has 2 saturated heterocycles. The van der Waals surface area contributed by atoms with Gasteiger partial charge in [0.2, 0.25) is 5.91 Å². The molecule has 2 aliphatic rings. The predicted octanol–water partition coefficient (Wildman–Crippen LogP) is -0.758. The number of benzene rings is 1. The number of imide groups is 1. The molecule has 1 aromatic rings. The van der Waals surface area contributed by atoms with Gasteiger partial charge in [0.05, 0.1) is 32.4 Å². The number of ether oxygens (including phenoxy) is 2. The first-order valence-corrected chi connectivity index (χ1v) is 7.14. The summed E-state index contributed by atoms with van der Waals surface area (Å²) < 4.78 is 10.4. The Hall–Kier alpha value is -1.92. The van der Waals surface area contributed by atoms with Crippen LogP contribution < -0.4 is 14.5 Å². The summed E-state index contributed by atoms with van der Waals surface area (Å²) in [5, 5.41) is 0. The SMILES string of the molecule is COc1ccc(N2C(=O)CC([NH+]3CCOCC3)C2=O)cc1. The Bertz CT molecular complexity index is 537. The lowest BCUT2D eigenvalue weighted by Crippen LogP contribution is -3.18. The average Bonchev–Trinajstić information content (AvgIpc) is 2.83. The van der Waals surface area contributed by atoms with Crippen molar-refractivity contribution in [3.8, 4) is 5.75 Å². The molecule has 2 fully saturated rings. The number of amides is 2. The third-order valence-corrected chi connectivity index (χ3v) is 4.11. The van der Waals surface area contributed by atoms with Gasteiger partial charge in [-0.05, 0) is 24.3 Å². The van der Waals surface area contributed by atoms with Crippen LogP contribution in [-0.2, 0) is 14.3 Å². The molecule has 1 aromatic carbocycles. The molecule has 0 aliphatic carbocycles. The highest BCUT2D eigenvalue weighted by Gasteiger charge is 2.45. The second-order valence-corrected chi connectivity index (χ2v) is 5.29. The standard InChI is InChI=1S/C15H18N2O4/c1-20-12-4-2-11(3-5-12)17-14(18)10-13(15(17)19)16-6-8-21-9-7-16/h2-5,13H,6-10H2,1H3/p+1. The second-order valence-electron chi connectivity index (χ2n) is 5.29. The van der Waals surface area contributed by atoms with E-state index in [0.717, 1.165) is 18.0 Å². The van der Waals surface area contributed by atoms with Crippen molar-refractivity contribution < 1.29 is 24.0 Å². The number of nitrogens with one attached hydrogen (secondary N) is 1. The first-order chi connectivity index (χ1) is 10.2. The van der Waals surface area contributed by atoms with E-state index in [0.29, 0.717) is 24.7 Å². The third-order valence-electron chi connectivity index (χ3n) is 4.11. The topological polar surface area (TPSA) is 60.3 Å². The number of anilines is 1. The lowest BCUT2D eigenvalue weighted by atomic mass is 10.2. The maximum Gasteiger partial charge on any atom is 0.292 e. The Labute approximate surface area is 123 Å². The summed E-state index contributed by atoms with van der Waals surface area (Å²) >= 11 is 0. The van der Waals surface area contributed by atoms with Crippen molar-refractivity contribution in [2.24, 2.45) is 0 Å². The molecule has 112 valence electrons. The van der Waals surface area contributed by atoms with Crippen molar-refractivity contribution in [2.45, 2.75) is 12.5 Å². The summed E-state index contributed by atoms with van der Waals surface area (Å²) in [5.41, 5.74) is 0.612. The Morgan fingerprint density at radius 1 is 1.19 bits per heavy atom. The molecular formula is C15H19N2O4+. The van der Waals surface area contributed by atoms with Gasteiger partial charge in [0, 0.05) is 0 Å². The Morgan fingerprint density at radius 3 is 2.48 bits per heavy atom. The van der Waals surface area contributed by atoms with Gasteiger partial charge in [0.25, 0.3) is 5.91 Å². The Balaban J connectivity index is 1.79. The summed E-state index contributed by atoms with van der Waals surface area (Å²) in [7, 11) is 1.58. The fraction of sp³-hybridized carbons (Fsp3) is 0.467. The van der Waals surface area contributed by atoms with E-state index in [2.05, 4.69) is 0 Å². The van der Waals surface area contributed by atoms with Crippen LogP contribution in [0, 0.1) is 0 Å². The minimum Gasteiger partial charge on any atom is -0.497 e. The van der Waals surface area contributed by atoms with E-state index in [1.807, 2.05) is 0 Å². The fourth-order valence-electron chi connectivity index (χ4n) is 2.94. The van der Waals surface area contributed by atoms with Crippen LogP contribution in [0.4, 0.5) is 5.69 Å². The molecule has 1 N–H and O–H groups in total. The van der Waals surface area contributed by atoms with Crippen molar-refractivity contribution in [3.63, 3.8) is 0 Å². The van der Waals surface area contributed by atoms with Gasteiger partial charge in [0.1, 0.15) is 18.8 Å². The average molecular weight is 291 g/mol. The zero-order valence-corrected chi connectivity index (χ0v) is 12.0. The number of hydrogen-bond donors (Lipinski definition) is 1. The van der Waals surface area contributed by atoms with Crippen molar-refractivity contribution >= 4 is 17.5 Å². The van der Waals surface area contributed by atoms with Crippen molar-refractivity contribution in [3.05, 3.63) is 24.3 Å². The predicted molar refractivity (Wildman–Crippen MR) is 75.4 cm³/mol. The lowest BCUT2D eigenvalue weighted by molar-refractivity contribution is -0.922. The van der Waals surface area contributed by atoms with Gasteiger partial charge in [-0.25, -0.2) is 4.90 Å². The van der Waals surface area contributed by atoms with E-state index >= 15 is 0 Å². The Morgan fingerprint density at radius 2 is 1.86 bits per heavy atom. The molecule has 2 heterocycles. The molecule has 21 heavy (non-hydrogen) atoms. The molecule has 1 unspecified atom stereocenters. The summed E-state index contributed by atoms with van der Waals surface area (Å²) in [6.07, 6.45) is 0.278. The molecule has 0 saturated carbocycles. The van der Waals surface area contributed by atoms with E-state index in [-0.39, 0.29) is 24.3 Å². The number of carbonyl (C=O) groups is 2. The number of hydrogen-bond acceptors (Lipinski definition) is 4. The molecular weight excluding hydrogens is 272 g/mol. The summed E-state index contributed by atoms with van der Waals surface area (Å²) in [4.78, 5) is 27.3. The number of carbonyl (C=O) groups excluding carboxylic acids is 2. The first-order valence-electron chi connectivity index (χ1n) is 7.14. The van der Waals surface area contributed by atoms with Crippen LogP contribution in [0.1, 0.15) is 6.42 Å². The van der Waals surface area contributed by atoms with Gasteiger partial charge in [-0.15, -0.1) is 0 Å². The number of rotatable bonds is 3. The maximum absolute atomic E-state index is 12.6. The van der Waals surface area contributed by atoms with Gasteiger partial charge in [-0.1, -0.05) is 0 Å². The molecule has 0 bridgehead atoms. The van der Waals surface area contributed by atoms with Gasteiger partial charge >= 0.3 is 0 Å². The maximum atomic E-state index is 12.6. The highest BCUT2D eigenvalue weighted by atomic mass is 16.5. The van der Waals surface area contributed by atoms with E-state index in [1.165, 1.54) is 4.90 Å². The molecule has 3 rings (SSSR count). The van der Waals surface area contributed by atoms with Crippen LogP contribution in [0.2, 0.25) is 0 Å². The third kappa shape index (κ3) is 2.64. The molecule has 0 radical (unpaired) electrons. The monoisotopic (exact) mass is 291 g/mol. The number of morpholine rings is 1. The number of nitrogens with zero attached hydrogens (tertiary/aromatic N) is 1. The van der Waals surface area contributed by atoms with Gasteiger partial charge in [-0.2, -0.15) is 0 Å². The molecule has 0 aromatic heterocycles. The molecule has 6 heteroatoms. The zero-order chi connectivity index (χ0) is 14.8. The first kappa shape index (κ1) is 14.0. The van der Waals surface area contributed by atoms with Gasteiger partial charge in [-0.3, -0.25) is 9.59 Å². The van der Waals surface area contributed by atoms with Crippen LogP contribution in [0.3, 0.4) is 0 Å². The van der Waals surface area contributed by atoms with E-state index < -0.39 is 0 Å². The van der Waals surface area contributed by atoms with Crippen LogP contribution in [0.5, 0.6) is 5.75 Å². The molecule has 2 amide bonds. The zero-order valence-electron chi connectivity index (χ0n) is 12.0. The second kappa shape index (κ2) is 5.83. The molecule has 6 nitrogen and oxygen atoms in total. The van der Waals surface area contributed by atoms with E-state index in [4.69, 9.17) is 9.47 Å². The largest absolute Gasteiger partial charge is 0.497 e. The number of methoxy groups -OCH3 is 1. The van der Waals surface area contributed by atoms with Crippen LogP contribution in [0.25, 0.3) is 0 Å². The van der Waals surface area contributed by atoms with Crippen molar-refractivity contribution in [1.29, 1.82) is 0 Å². The summed E-state index contributed by atoms with van der Waals surface area (Å²) in [5.74, 6) is 0.462. The smallest absolute Gasteiger partial charge is 0.292 e. The van der Waals surface area contributed by atoms with Gasteiger partial charge in [0.15, 0.2) is 6.04 Å². The van der Waals surface area contributed by atoms with E-state index in [1.54, 1.807) is 31.4 Å². The molecule has 2 aliphatic heterocycles. The van der Waals surface area contributed by atoms with Gasteiger partial charge < -0.3 is 14.4 Å². The van der Waals surface area contributed by atoms with Crippen LogP contribution in [-0.4, -0.2) is 51.3 Å². The quantitative estimate of drug-likeness (QED) is 0.744. The minimum atomic E-state index is -0.275.